The topological polar surface area (TPSA) is 118 Å². The summed E-state index contributed by atoms with van der Waals surface area (Å²) in [5.74, 6) is 0.482. The second-order valence-corrected chi connectivity index (χ2v) is 8.15. The molecule has 0 amide bonds. The molecule has 1 aromatic heterocycles. The summed E-state index contributed by atoms with van der Waals surface area (Å²) in [6.45, 7) is 3.14. The van der Waals surface area contributed by atoms with Gasteiger partial charge in [0.05, 0.1) is 10.6 Å². The van der Waals surface area contributed by atoms with Crippen LogP contribution in [-0.2, 0) is 20.0 Å². The van der Waals surface area contributed by atoms with Gasteiger partial charge in [-0.15, -0.1) is 0 Å². The van der Waals surface area contributed by atoms with Crippen molar-refractivity contribution in [2.75, 3.05) is 15.2 Å². The first kappa shape index (κ1) is 16.3. The lowest BCUT2D eigenvalue weighted by atomic mass is 10.3. The van der Waals surface area contributed by atoms with Crippen LogP contribution in [0.4, 0.5) is 11.5 Å². The summed E-state index contributed by atoms with van der Waals surface area (Å²) in [7, 11) is -7.22. The van der Waals surface area contributed by atoms with Crippen molar-refractivity contribution < 1.29 is 21.4 Å². The van der Waals surface area contributed by atoms with Gasteiger partial charge in [-0.2, -0.15) is 0 Å². The van der Waals surface area contributed by atoms with E-state index in [2.05, 4.69) is 14.6 Å². The summed E-state index contributed by atoms with van der Waals surface area (Å²) in [6.07, 6.45) is 0. The van der Waals surface area contributed by atoms with Gasteiger partial charge in [-0.3, -0.25) is 9.44 Å². The molecule has 8 nitrogen and oxygen atoms in total. The molecular formula is C12H15N3O5S2. The van der Waals surface area contributed by atoms with E-state index in [1.165, 1.54) is 37.3 Å². The molecule has 0 spiro atoms. The molecule has 2 aromatic rings. The van der Waals surface area contributed by atoms with Gasteiger partial charge >= 0.3 is 0 Å². The second kappa shape index (κ2) is 5.97. The number of rotatable bonds is 6. The normalized spacial score (nSPS) is 12.1. The van der Waals surface area contributed by atoms with Crippen LogP contribution in [0.15, 0.2) is 39.8 Å². The molecule has 0 aliphatic heterocycles. The van der Waals surface area contributed by atoms with Crippen LogP contribution < -0.4 is 9.44 Å². The van der Waals surface area contributed by atoms with E-state index in [9.17, 15) is 16.8 Å². The fraction of sp³-hybridized carbons (Fsp3) is 0.250. The smallest absolute Gasteiger partial charge is 0.263 e. The Morgan fingerprint density at radius 3 is 2.23 bits per heavy atom. The highest BCUT2D eigenvalue weighted by atomic mass is 32.2. The molecular weight excluding hydrogens is 330 g/mol. The largest absolute Gasteiger partial charge is 0.360 e. The average molecular weight is 345 g/mol. The molecule has 2 rings (SSSR count). The van der Waals surface area contributed by atoms with Crippen molar-refractivity contribution in [1.29, 1.82) is 0 Å². The van der Waals surface area contributed by atoms with Crippen molar-refractivity contribution >= 4 is 31.6 Å². The van der Waals surface area contributed by atoms with Crippen molar-refractivity contribution in [3.05, 3.63) is 36.1 Å². The maximum Gasteiger partial charge on any atom is 0.263 e. The molecule has 22 heavy (non-hydrogen) atoms. The molecule has 10 heteroatoms. The van der Waals surface area contributed by atoms with Crippen LogP contribution in [0.25, 0.3) is 0 Å². The highest BCUT2D eigenvalue weighted by Crippen LogP contribution is 2.18. The van der Waals surface area contributed by atoms with Gasteiger partial charge in [0, 0.05) is 11.8 Å². The predicted molar refractivity (Wildman–Crippen MR) is 81.6 cm³/mol. The predicted octanol–water partition coefficient (Wildman–Crippen LogP) is 1.55. The van der Waals surface area contributed by atoms with Crippen LogP contribution in [0.2, 0.25) is 0 Å². The van der Waals surface area contributed by atoms with E-state index < -0.39 is 20.0 Å². The van der Waals surface area contributed by atoms with Crippen molar-refractivity contribution in [2.24, 2.45) is 0 Å². The third kappa shape index (κ3) is 3.98. The Bertz CT molecular complexity index is 854. The van der Waals surface area contributed by atoms with Crippen LogP contribution in [0.3, 0.4) is 0 Å². The quantitative estimate of drug-likeness (QED) is 0.820. The summed E-state index contributed by atoms with van der Waals surface area (Å²) in [6, 6.07) is 6.78. The second-order valence-electron chi connectivity index (χ2n) is 4.46. The lowest BCUT2D eigenvalue weighted by Gasteiger charge is -2.08. The van der Waals surface area contributed by atoms with E-state index in [1.807, 2.05) is 0 Å². The van der Waals surface area contributed by atoms with Crippen LogP contribution in [0, 0.1) is 6.92 Å². The monoisotopic (exact) mass is 345 g/mol. The summed E-state index contributed by atoms with van der Waals surface area (Å²) in [4.78, 5) is -0.0207. The number of benzene rings is 1. The van der Waals surface area contributed by atoms with E-state index in [0.717, 1.165) is 0 Å². The Morgan fingerprint density at radius 1 is 1.09 bits per heavy atom. The van der Waals surface area contributed by atoms with Gasteiger partial charge in [-0.1, -0.05) is 5.16 Å². The standard InChI is InChI=1S/C12H15N3O5S2/c1-3-21(16,17)14-10-4-6-11(7-5-10)22(18,19)15-12-8-9(2)20-13-12/h4-8,14H,3H2,1-2H3,(H,13,15). The summed E-state index contributed by atoms with van der Waals surface area (Å²) >= 11 is 0. The minimum Gasteiger partial charge on any atom is -0.360 e. The average Bonchev–Trinajstić information content (AvgIpc) is 2.83. The maximum absolute atomic E-state index is 12.1. The molecule has 120 valence electrons. The molecule has 0 bridgehead atoms. The van der Waals surface area contributed by atoms with E-state index in [4.69, 9.17) is 4.52 Å². The Morgan fingerprint density at radius 2 is 1.73 bits per heavy atom. The van der Waals surface area contributed by atoms with Crippen molar-refractivity contribution in [3.8, 4) is 0 Å². The fourth-order valence-corrected chi connectivity index (χ4v) is 3.19. The molecule has 0 saturated heterocycles. The van der Waals surface area contributed by atoms with Crippen molar-refractivity contribution in [1.82, 2.24) is 5.16 Å². The fourth-order valence-electron chi connectivity index (χ4n) is 1.56. The maximum atomic E-state index is 12.1. The molecule has 1 aromatic carbocycles. The van der Waals surface area contributed by atoms with E-state index in [-0.39, 0.29) is 22.2 Å². The van der Waals surface area contributed by atoms with Crippen LogP contribution in [-0.4, -0.2) is 27.7 Å². The first-order valence-electron chi connectivity index (χ1n) is 6.28. The molecule has 2 N–H and O–H groups in total. The van der Waals surface area contributed by atoms with Gasteiger partial charge in [0.25, 0.3) is 10.0 Å². The van der Waals surface area contributed by atoms with Crippen LogP contribution in [0.1, 0.15) is 12.7 Å². The van der Waals surface area contributed by atoms with Gasteiger partial charge in [-0.25, -0.2) is 16.8 Å². The summed E-state index contributed by atoms with van der Waals surface area (Å²) in [5.41, 5.74) is 0.290. The minimum atomic E-state index is -3.82. The highest BCUT2D eigenvalue weighted by molar-refractivity contribution is 7.93. The number of anilines is 2. The highest BCUT2D eigenvalue weighted by Gasteiger charge is 2.16. The Balaban J connectivity index is 2.19. The van der Waals surface area contributed by atoms with Crippen molar-refractivity contribution in [2.45, 2.75) is 18.7 Å². The van der Waals surface area contributed by atoms with E-state index in [0.29, 0.717) is 5.76 Å². The number of aryl methyl sites for hydroxylation is 1. The Hall–Kier alpha value is -2.07. The number of aromatic nitrogens is 1. The zero-order valence-electron chi connectivity index (χ0n) is 11.9. The first-order chi connectivity index (χ1) is 10.2. The number of nitrogens with zero attached hydrogens (tertiary/aromatic N) is 1. The van der Waals surface area contributed by atoms with E-state index >= 15 is 0 Å². The van der Waals surface area contributed by atoms with Crippen molar-refractivity contribution in [3.63, 3.8) is 0 Å². The van der Waals surface area contributed by atoms with Gasteiger partial charge in [-0.05, 0) is 38.1 Å². The zero-order chi connectivity index (χ0) is 16.4. The molecule has 0 fully saturated rings. The third-order valence-electron chi connectivity index (χ3n) is 2.68. The summed E-state index contributed by atoms with van der Waals surface area (Å²) < 4.78 is 56.5. The SMILES string of the molecule is CCS(=O)(=O)Nc1ccc(S(=O)(=O)Nc2cc(C)on2)cc1. The van der Waals surface area contributed by atoms with Gasteiger partial charge in [0.1, 0.15) is 5.76 Å². The number of hydrogen-bond donors (Lipinski definition) is 2. The Kier molecular flexibility index (Phi) is 4.42. The molecule has 0 unspecified atom stereocenters. The van der Waals surface area contributed by atoms with Crippen LogP contribution in [0.5, 0.6) is 0 Å². The summed E-state index contributed by atoms with van der Waals surface area (Å²) in [5, 5.41) is 3.55. The van der Waals surface area contributed by atoms with Gasteiger partial charge in [0.15, 0.2) is 5.82 Å². The molecule has 0 atom stereocenters. The molecule has 0 radical (unpaired) electrons. The zero-order valence-corrected chi connectivity index (χ0v) is 13.5. The molecule has 0 saturated carbocycles. The molecule has 1 heterocycles. The van der Waals surface area contributed by atoms with E-state index in [1.54, 1.807) is 6.92 Å². The molecule has 0 aliphatic carbocycles. The van der Waals surface area contributed by atoms with Crippen LogP contribution >= 0.6 is 0 Å². The number of hydrogen-bond acceptors (Lipinski definition) is 6. The minimum absolute atomic E-state index is 0.0207. The number of nitrogens with one attached hydrogen (secondary N) is 2. The van der Waals surface area contributed by atoms with Gasteiger partial charge in [0.2, 0.25) is 10.0 Å². The number of sulfonamides is 2. The van der Waals surface area contributed by atoms with Gasteiger partial charge < -0.3 is 4.52 Å². The Labute approximate surface area is 128 Å². The third-order valence-corrected chi connectivity index (χ3v) is 5.36. The lowest BCUT2D eigenvalue weighted by Crippen LogP contribution is -2.15. The lowest BCUT2D eigenvalue weighted by molar-refractivity contribution is 0.400. The molecule has 0 aliphatic rings. The first-order valence-corrected chi connectivity index (χ1v) is 9.42.